The van der Waals surface area contributed by atoms with Crippen LogP contribution < -0.4 is 10.2 Å². The number of benzene rings is 1. The van der Waals surface area contributed by atoms with Crippen LogP contribution in [0.25, 0.3) is 0 Å². The van der Waals surface area contributed by atoms with E-state index in [0.29, 0.717) is 32.0 Å². The topological polar surface area (TPSA) is 65.5 Å². The minimum absolute atomic E-state index is 0.140. The molecule has 1 aliphatic rings. The predicted molar refractivity (Wildman–Crippen MR) is 96.8 cm³/mol. The summed E-state index contributed by atoms with van der Waals surface area (Å²) in [5.74, 6) is -1.27. The van der Waals surface area contributed by atoms with Crippen LogP contribution in [0, 0.1) is 5.82 Å². The lowest BCUT2D eigenvalue weighted by Crippen LogP contribution is -2.51. The molecule has 154 valence electrons. The normalized spacial score (nSPS) is 14.6. The Labute approximate surface area is 164 Å². The van der Waals surface area contributed by atoms with Gasteiger partial charge in [-0.05, 0) is 24.3 Å². The first-order valence-electron chi connectivity index (χ1n) is 8.84. The van der Waals surface area contributed by atoms with E-state index in [9.17, 15) is 27.2 Å². The highest BCUT2D eigenvalue weighted by Gasteiger charge is 2.31. The van der Waals surface area contributed by atoms with Gasteiger partial charge in [0, 0.05) is 32.4 Å². The zero-order valence-electron chi connectivity index (χ0n) is 15.2. The zero-order chi connectivity index (χ0) is 21.0. The number of carbonyl (C=O) groups excluding carboxylic acids is 2. The van der Waals surface area contributed by atoms with E-state index in [1.807, 2.05) is 0 Å². The van der Waals surface area contributed by atoms with Crippen molar-refractivity contribution in [2.45, 2.75) is 6.18 Å². The summed E-state index contributed by atoms with van der Waals surface area (Å²) in [6, 6.07) is 7.74. The Kier molecular flexibility index (Phi) is 6.00. The Morgan fingerprint density at radius 2 is 1.72 bits per heavy atom. The van der Waals surface area contributed by atoms with Gasteiger partial charge in [-0.15, -0.1) is 0 Å². The second-order valence-electron chi connectivity index (χ2n) is 6.43. The molecule has 0 spiro atoms. The number of halogens is 4. The standard InChI is InChI=1S/C19H18F4N4O2/c20-15-4-2-1-3-14(15)18(29)25-12-17(28)27-9-7-26(8-10-27)16-6-5-13(11-24-16)19(21,22)23/h1-6,11H,7-10,12H2,(H,25,29). The highest BCUT2D eigenvalue weighted by Crippen LogP contribution is 2.29. The van der Waals surface area contributed by atoms with Gasteiger partial charge >= 0.3 is 6.18 Å². The van der Waals surface area contributed by atoms with E-state index < -0.39 is 23.5 Å². The first-order valence-corrected chi connectivity index (χ1v) is 8.84. The van der Waals surface area contributed by atoms with Crippen molar-refractivity contribution in [1.29, 1.82) is 0 Å². The molecule has 0 aliphatic carbocycles. The van der Waals surface area contributed by atoms with Crippen molar-refractivity contribution >= 4 is 17.6 Å². The highest BCUT2D eigenvalue weighted by molar-refractivity contribution is 5.96. The van der Waals surface area contributed by atoms with Crippen LogP contribution in [0.5, 0.6) is 0 Å². The summed E-state index contributed by atoms with van der Waals surface area (Å²) in [7, 11) is 0. The zero-order valence-corrected chi connectivity index (χ0v) is 15.2. The Hall–Kier alpha value is -3.17. The lowest BCUT2D eigenvalue weighted by molar-refractivity contribution is -0.137. The van der Waals surface area contributed by atoms with E-state index in [1.54, 1.807) is 4.90 Å². The van der Waals surface area contributed by atoms with Crippen molar-refractivity contribution in [3.05, 3.63) is 59.5 Å². The third-order valence-electron chi connectivity index (χ3n) is 4.55. The monoisotopic (exact) mass is 410 g/mol. The molecule has 29 heavy (non-hydrogen) atoms. The van der Waals surface area contributed by atoms with Gasteiger partial charge < -0.3 is 15.1 Å². The Bertz CT molecular complexity index is 879. The largest absolute Gasteiger partial charge is 0.417 e. The Morgan fingerprint density at radius 1 is 1.03 bits per heavy atom. The molecule has 2 amide bonds. The molecule has 0 saturated carbocycles. The predicted octanol–water partition coefficient (Wildman–Crippen LogP) is 2.32. The molecule has 3 rings (SSSR count). The summed E-state index contributed by atoms with van der Waals surface area (Å²) in [4.78, 5) is 31.4. The minimum atomic E-state index is -4.44. The molecule has 1 aromatic carbocycles. The molecular weight excluding hydrogens is 392 g/mol. The van der Waals surface area contributed by atoms with Crippen LogP contribution in [0.3, 0.4) is 0 Å². The lowest BCUT2D eigenvalue weighted by atomic mass is 10.2. The number of hydrogen-bond acceptors (Lipinski definition) is 4. The average Bonchev–Trinajstić information content (AvgIpc) is 2.71. The molecule has 0 radical (unpaired) electrons. The number of amides is 2. The fourth-order valence-electron chi connectivity index (χ4n) is 2.93. The van der Waals surface area contributed by atoms with E-state index in [0.717, 1.165) is 18.3 Å². The number of alkyl halides is 3. The van der Waals surface area contributed by atoms with Gasteiger partial charge in [-0.3, -0.25) is 9.59 Å². The summed E-state index contributed by atoms with van der Waals surface area (Å²) in [5, 5.41) is 2.40. The molecule has 1 aromatic heterocycles. The van der Waals surface area contributed by atoms with Crippen molar-refractivity contribution in [2.24, 2.45) is 0 Å². The van der Waals surface area contributed by atoms with Gasteiger partial charge in [0.25, 0.3) is 5.91 Å². The second kappa shape index (κ2) is 8.46. The van der Waals surface area contributed by atoms with Crippen LogP contribution in [0.1, 0.15) is 15.9 Å². The van der Waals surface area contributed by atoms with Crippen molar-refractivity contribution in [1.82, 2.24) is 15.2 Å². The molecule has 1 fully saturated rings. The summed E-state index contributed by atoms with van der Waals surface area (Å²) < 4.78 is 51.4. The first-order chi connectivity index (χ1) is 13.8. The van der Waals surface area contributed by atoms with Crippen LogP contribution in [-0.4, -0.2) is 54.4 Å². The maximum absolute atomic E-state index is 13.6. The summed E-state index contributed by atoms with van der Waals surface area (Å²) in [5.41, 5.74) is -0.959. The highest BCUT2D eigenvalue weighted by atomic mass is 19.4. The molecule has 2 heterocycles. The summed E-state index contributed by atoms with van der Waals surface area (Å²) >= 11 is 0. The molecule has 2 aromatic rings. The second-order valence-corrected chi connectivity index (χ2v) is 6.43. The van der Waals surface area contributed by atoms with Crippen molar-refractivity contribution in [3.63, 3.8) is 0 Å². The van der Waals surface area contributed by atoms with Crippen LogP contribution in [0.2, 0.25) is 0 Å². The number of aromatic nitrogens is 1. The van der Waals surface area contributed by atoms with Crippen LogP contribution in [0.4, 0.5) is 23.4 Å². The molecule has 6 nitrogen and oxygen atoms in total. The number of rotatable bonds is 4. The molecule has 0 atom stereocenters. The Balaban J connectivity index is 1.49. The molecule has 0 unspecified atom stereocenters. The van der Waals surface area contributed by atoms with E-state index >= 15 is 0 Å². The van der Waals surface area contributed by atoms with Crippen molar-refractivity contribution < 1.29 is 27.2 Å². The van der Waals surface area contributed by atoms with Gasteiger partial charge in [-0.2, -0.15) is 13.2 Å². The van der Waals surface area contributed by atoms with Gasteiger partial charge in [-0.1, -0.05) is 12.1 Å². The fourth-order valence-corrected chi connectivity index (χ4v) is 2.93. The number of carbonyl (C=O) groups is 2. The van der Waals surface area contributed by atoms with E-state index in [-0.39, 0.29) is 18.0 Å². The van der Waals surface area contributed by atoms with E-state index in [1.165, 1.54) is 29.2 Å². The number of nitrogens with one attached hydrogen (secondary N) is 1. The Morgan fingerprint density at radius 3 is 2.31 bits per heavy atom. The SMILES string of the molecule is O=C(NCC(=O)N1CCN(c2ccc(C(F)(F)F)cn2)CC1)c1ccccc1F. The third-order valence-corrected chi connectivity index (χ3v) is 4.55. The number of anilines is 1. The molecule has 1 N–H and O–H groups in total. The van der Waals surface area contributed by atoms with Gasteiger partial charge in [0.1, 0.15) is 11.6 Å². The number of hydrogen-bond donors (Lipinski definition) is 1. The van der Waals surface area contributed by atoms with Crippen molar-refractivity contribution in [2.75, 3.05) is 37.6 Å². The maximum atomic E-state index is 13.6. The third kappa shape index (κ3) is 5.01. The first kappa shape index (κ1) is 20.6. The number of piperazine rings is 1. The van der Waals surface area contributed by atoms with E-state index in [4.69, 9.17) is 0 Å². The lowest BCUT2D eigenvalue weighted by Gasteiger charge is -2.35. The van der Waals surface area contributed by atoms with Gasteiger partial charge in [0.05, 0.1) is 17.7 Å². The summed E-state index contributed by atoms with van der Waals surface area (Å²) in [6.07, 6.45) is -3.66. The van der Waals surface area contributed by atoms with Crippen LogP contribution in [0.15, 0.2) is 42.6 Å². The molecule has 0 bridgehead atoms. The number of nitrogens with zero attached hydrogens (tertiary/aromatic N) is 3. The maximum Gasteiger partial charge on any atom is 0.417 e. The molecule has 1 aliphatic heterocycles. The molecule has 1 saturated heterocycles. The smallest absolute Gasteiger partial charge is 0.353 e. The van der Waals surface area contributed by atoms with E-state index in [2.05, 4.69) is 10.3 Å². The fraction of sp³-hybridized carbons (Fsp3) is 0.316. The average molecular weight is 410 g/mol. The number of pyridine rings is 1. The summed E-state index contributed by atoms with van der Waals surface area (Å²) in [6.45, 7) is 1.18. The van der Waals surface area contributed by atoms with Gasteiger partial charge in [0.15, 0.2) is 0 Å². The molecular formula is C19H18F4N4O2. The quantitative estimate of drug-likeness (QED) is 0.786. The van der Waals surface area contributed by atoms with Crippen LogP contribution >= 0.6 is 0 Å². The van der Waals surface area contributed by atoms with Crippen molar-refractivity contribution in [3.8, 4) is 0 Å². The van der Waals surface area contributed by atoms with Gasteiger partial charge in [0.2, 0.25) is 5.91 Å². The van der Waals surface area contributed by atoms with Gasteiger partial charge in [-0.25, -0.2) is 9.37 Å². The molecule has 10 heteroatoms. The van der Waals surface area contributed by atoms with Crippen LogP contribution in [-0.2, 0) is 11.0 Å². The minimum Gasteiger partial charge on any atom is -0.353 e.